The van der Waals surface area contributed by atoms with E-state index >= 15 is 0 Å². The molecule has 0 aromatic heterocycles. The maximum atomic E-state index is 5.11. The minimum atomic E-state index is -1.61. The zero-order chi connectivity index (χ0) is 21.4. The first-order valence-electron chi connectivity index (χ1n) is 9.94. The summed E-state index contributed by atoms with van der Waals surface area (Å²) in [6, 6.07) is 21.1. The summed E-state index contributed by atoms with van der Waals surface area (Å²) in [5, 5.41) is 0. The van der Waals surface area contributed by atoms with E-state index in [1.54, 1.807) is 0 Å². The number of hydrogen-bond acceptors (Lipinski definition) is 1. The van der Waals surface area contributed by atoms with E-state index in [1.807, 2.05) is 6.07 Å². The summed E-state index contributed by atoms with van der Waals surface area (Å²) in [5.74, 6) is 0. The van der Waals surface area contributed by atoms with Gasteiger partial charge in [-0.15, -0.1) is 0 Å². The molecule has 0 aliphatic heterocycles. The van der Waals surface area contributed by atoms with Crippen molar-refractivity contribution >= 4 is 60.8 Å². The monoisotopic (exact) mass is 537 g/mol. The molecule has 0 amide bonds. The van der Waals surface area contributed by atoms with Crippen LogP contribution in [-0.4, -0.2) is 41.3 Å². The first-order valence-corrected chi connectivity index (χ1v) is 27.4. The van der Waals surface area contributed by atoms with Gasteiger partial charge in [-0.1, -0.05) is 83.8 Å². The fraction of sp³-hybridized carbons (Fsp3) is 0.409. The summed E-state index contributed by atoms with van der Waals surface area (Å²) in [7, 11) is -2.10. The Balaban J connectivity index is 0.000000892. The zero-order valence-corrected chi connectivity index (χ0v) is 25.0. The Morgan fingerprint density at radius 2 is 1.21 bits per heavy atom. The van der Waals surface area contributed by atoms with E-state index in [2.05, 4.69) is 113 Å². The molecule has 2 nitrogen and oxygen atoms in total. The van der Waals surface area contributed by atoms with Crippen molar-refractivity contribution in [2.24, 2.45) is 4.99 Å². The van der Waals surface area contributed by atoms with Crippen molar-refractivity contribution in [2.45, 2.75) is 54.1 Å². The molecule has 0 spiro atoms. The molecule has 0 heterocycles. The Morgan fingerprint density at radius 3 is 1.61 bits per heavy atom. The van der Waals surface area contributed by atoms with Crippen molar-refractivity contribution in [1.29, 1.82) is 0 Å². The van der Waals surface area contributed by atoms with Crippen molar-refractivity contribution in [2.75, 3.05) is 4.57 Å². The predicted molar refractivity (Wildman–Crippen MR) is 141 cm³/mol. The molecule has 0 fully saturated rings. The summed E-state index contributed by atoms with van der Waals surface area (Å²) >= 11 is -0.543. The molecule has 1 unspecified atom stereocenters. The van der Waals surface area contributed by atoms with E-state index in [-0.39, 0.29) is 0 Å². The van der Waals surface area contributed by atoms with Crippen LogP contribution in [0.1, 0.15) is 0 Å². The van der Waals surface area contributed by atoms with Crippen LogP contribution in [0.2, 0.25) is 54.1 Å². The van der Waals surface area contributed by atoms with Crippen molar-refractivity contribution < 1.29 is 0 Å². The SMILES string of the molecule is C[Si](C)(C)PC(=Nc1ccccc1)N(c1ccccc1)[Si](C)(C)C.[CH3][Sn]([CH3])[CH3]. The Hall–Kier alpha value is -0.428. The molecule has 1 radical (unpaired) electrons. The predicted octanol–water partition coefficient (Wildman–Crippen LogP) is 7.90. The average Bonchev–Trinajstić information content (AvgIpc) is 2.53. The summed E-state index contributed by atoms with van der Waals surface area (Å²) in [6.07, 6.45) is 0. The molecular formula is C22H38N2PSi2Sn. The van der Waals surface area contributed by atoms with Crippen LogP contribution in [-0.2, 0) is 0 Å². The first kappa shape index (κ1) is 25.6. The minimum absolute atomic E-state index is 0.543. The standard InChI is InChI=1S/C19H29N2PSi2.3CH3.Sn/c1-23(2,3)21(18-15-11-8-12-16-18)19(22-24(4,5)6)20-17-13-9-7-10-14-17;;;;/h7-16,22H,1-6H3;3*1H3;. The summed E-state index contributed by atoms with van der Waals surface area (Å²) in [4.78, 5) is 12.2. The fourth-order valence-corrected chi connectivity index (χ4v) is 9.23. The normalized spacial score (nSPS) is 12.9. The topological polar surface area (TPSA) is 15.6 Å². The molecule has 2 aromatic carbocycles. The van der Waals surface area contributed by atoms with E-state index in [9.17, 15) is 0 Å². The van der Waals surface area contributed by atoms with Gasteiger partial charge in [0.15, 0.2) is 8.24 Å². The number of para-hydroxylation sites is 2. The van der Waals surface area contributed by atoms with Gasteiger partial charge in [-0.05, 0) is 24.3 Å². The van der Waals surface area contributed by atoms with E-state index < -0.39 is 35.7 Å². The van der Waals surface area contributed by atoms with Gasteiger partial charge in [0.25, 0.3) is 0 Å². The van der Waals surface area contributed by atoms with E-state index in [1.165, 1.54) is 11.3 Å². The number of rotatable bonds is 5. The molecule has 0 aliphatic rings. The Kier molecular flexibility index (Phi) is 10.7. The Bertz CT molecular complexity index is 721. The molecule has 28 heavy (non-hydrogen) atoms. The molecule has 153 valence electrons. The number of benzene rings is 2. The van der Waals surface area contributed by atoms with E-state index in [0.29, 0.717) is 0 Å². The third-order valence-electron chi connectivity index (χ3n) is 3.38. The molecule has 0 aliphatic carbocycles. The molecule has 0 N–H and O–H groups in total. The molecule has 0 bridgehead atoms. The van der Waals surface area contributed by atoms with Gasteiger partial charge in [0, 0.05) is 5.69 Å². The van der Waals surface area contributed by atoms with Crippen LogP contribution in [0.25, 0.3) is 0 Å². The second-order valence-corrected chi connectivity index (χ2v) is 33.3. The average molecular weight is 536 g/mol. The molecule has 6 heteroatoms. The van der Waals surface area contributed by atoms with Crippen LogP contribution in [0.15, 0.2) is 65.7 Å². The van der Waals surface area contributed by atoms with Crippen molar-refractivity contribution in [3.63, 3.8) is 0 Å². The number of aliphatic imine (C=N–C) groups is 1. The van der Waals surface area contributed by atoms with Gasteiger partial charge in [0.2, 0.25) is 0 Å². The Labute approximate surface area is 184 Å². The zero-order valence-electron chi connectivity index (χ0n) is 19.2. The number of amidine groups is 1. The van der Waals surface area contributed by atoms with Crippen LogP contribution in [0, 0.1) is 0 Å². The summed E-state index contributed by atoms with van der Waals surface area (Å²) < 4.78 is 2.55. The third-order valence-corrected chi connectivity index (χ3v) is 9.64. The van der Waals surface area contributed by atoms with Gasteiger partial charge in [-0.25, -0.2) is 4.99 Å². The van der Waals surface area contributed by atoms with Crippen LogP contribution in [0.4, 0.5) is 11.4 Å². The second-order valence-electron chi connectivity index (χ2n) is 9.49. The van der Waals surface area contributed by atoms with Crippen molar-refractivity contribution in [3.8, 4) is 0 Å². The Morgan fingerprint density at radius 1 is 0.786 bits per heavy atom. The van der Waals surface area contributed by atoms with Gasteiger partial charge in [-0.3, -0.25) is 0 Å². The van der Waals surface area contributed by atoms with E-state index in [4.69, 9.17) is 4.99 Å². The molecular weight excluding hydrogens is 498 g/mol. The van der Waals surface area contributed by atoms with Gasteiger partial charge in [0.05, 0.1) is 13.4 Å². The quantitative estimate of drug-likeness (QED) is 0.164. The maximum absolute atomic E-state index is 5.11. The third kappa shape index (κ3) is 10.4. The fourth-order valence-electron chi connectivity index (χ4n) is 2.50. The van der Waals surface area contributed by atoms with Crippen molar-refractivity contribution in [3.05, 3.63) is 60.7 Å². The molecule has 1 atom stereocenters. The van der Waals surface area contributed by atoms with Gasteiger partial charge >= 0.3 is 34.6 Å². The molecule has 2 rings (SSSR count). The van der Waals surface area contributed by atoms with Crippen LogP contribution >= 0.6 is 8.13 Å². The van der Waals surface area contributed by atoms with Crippen LogP contribution in [0.5, 0.6) is 0 Å². The van der Waals surface area contributed by atoms with Crippen molar-refractivity contribution in [1.82, 2.24) is 0 Å². The number of hydrogen-bond donors (Lipinski definition) is 0. The van der Waals surface area contributed by atoms with Gasteiger partial charge in [-0.2, -0.15) is 0 Å². The first-order chi connectivity index (χ1) is 12.9. The molecule has 0 saturated heterocycles. The summed E-state index contributed by atoms with van der Waals surface area (Å²) in [5.41, 5.74) is 3.58. The second kappa shape index (κ2) is 11.7. The van der Waals surface area contributed by atoms with Crippen LogP contribution in [0.3, 0.4) is 0 Å². The molecule has 0 saturated carbocycles. The molecule has 2 aromatic rings. The number of anilines is 1. The van der Waals surface area contributed by atoms with Gasteiger partial charge in [0.1, 0.15) is 5.58 Å². The number of nitrogens with zero attached hydrogens (tertiary/aromatic N) is 2. The van der Waals surface area contributed by atoms with Crippen LogP contribution < -0.4 is 4.57 Å². The van der Waals surface area contributed by atoms with E-state index in [0.717, 1.165) is 13.8 Å². The van der Waals surface area contributed by atoms with Gasteiger partial charge < -0.3 is 4.57 Å². The summed E-state index contributed by atoms with van der Waals surface area (Å²) in [6.45, 7) is 14.5.